The number of aliphatic hydroxyl groups is 1. The Morgan fingerprint density at radius 1 is 1.12 bits per heavy atom. The first kappa shape index (κ1) is 30.0. The predicted octanol–water partition coefficient (Wildman–Crippen LogP) is 3.78. The number of hydrogen-bond acceptors (Lipinski definition) is 5. The van der Waals surface area contributed by atoms with E-state index in [1.807, 2.05) is 39.0 Å². The van der Waals surface area contributed by atoms with E-state index >= 15 is 0 Å². The van der Waals surface area contributed by atoms with E-state index in [4.69, 9.17) is 4.74 Å². The topological polar surface area (TPSA) is 90.4 Å². The van der Waals surface area contributed by atoms with Gasteiger partial charge in [-0.25, -0.2) is 0 Å². The Labute approximate surface area is 238 Å². The molecule has 1 spiro atoms. The Balaban J connectivity index is 1.76. The summed E-state index contributed by atoms with van der Waals surface area (Å²) >= 11 is 0. The third kappa shape index (κ3) is 5.12. The van der Waals surface area contributed by atoms with Crippen molar-refractivity contribution in [2.24, 2.45) is 11.8 Å². The zero-order chi connectivity index (χ0) is 29.0. The quantitative estimate of drug-likeness (QED) is 0.281. The molecular formula is C32H45N3O5. The molecule has 0 radical (unpaired) electrons. The van der Waals surface area contributed by atoms with Gasteiger partial charge in [0.05, 0.1) is 17.9 Å². The van der Waals surface area contributed by atoms with Crippen LogP contribution in [0.4, 0.5) is 5.69 Å². The van der Waals surface area contributed by atoms with Gasteiger partial charge in [0.15, 0.2) is 0 Å². The molecule has 1 aromatic rings. The highest BCUT2D eigenvalue weighted by molar-refractivity contribution is 6.05. The fourth-order valence-electron chi connectivity index (χ4n) is 7.25. The minimum absolute atomic E-state index is 0.0838. The van der Waals surface area contributed by atoms with Crippen LogP contribution in [-0.2, 0) is 19.1 Å². The van der Waals surface area contributed by atoms with Crippen molar-refractivity contribution in [3.8, 4) is 0 Å². The summed E-state index contributed by atoms with van der Waals surface area (Å²) in [5.41, 5.74) is 1.71. The Hall–Kier alpha value is -2.97. The van der Waals surface area contributed by atoms with Gasteiger partial charge >= 0.3 is 0 Å². The molecule has 40 heavy (non-hydrogen) atoms. The number of nitrogens with zero attached hydrogens (tertiary/aromatic N) is 3. The molecule has 0 aliphatic carbocycles. The van der Waals surface area contributed by atoms with Crippen LogP contribution < -0.4 is 4.90 Å². The van der Waals surface area contributed by atoms with Crippen molar-refractivity contribution in [1.29, 1.82) is 0 Å². The van der Waals surface area contributed by atoms with Crippen molar-refractivity contribution in [3.63, 3.8) is 0 Å². The van der Waals surface area contributed by atoms with E-state index in [0.717, 1.165) is 29.7 Å². The van der Waals surface area contributed by atoms with Crippen molar-refractivity contribution in [2.75, 3.05) is 37.7 Å². The number of aryl methyl sites for hydroxylation is 2. The number of unbranched alkanes of at least 4 members (excludes halogenated alkanes) is 2. The molecule has 1 N–H and O–H groups in total. The number of benzene rings is 1. The molecule has 8 heteroatoms. The number of para-hydroxylation sites is 1. The molecule has 2 bridgehead atoms. The fourth-order valence-corrected chi connectivity index (χ4v) is 7.25. The highest BCUT2D eigenvalue weighted by atomic mass is 16.5. The maximum Gasteiger partial charge on any atom is 0.253 e. The number of carbonyl (C=O) groups excluding carboxylic acids is 3. The van der Waals surface area contributed by atoms with Gasteiger partial charge in [-0.1, -0.05) is 37.3 Å². The summed E-state index contributed by atoms with van der Waals surface area (Å²) in [5.74, 6) is -1.76. The van der Waals surface area contributed by atoms with Gasteiger partial charge in [0.2, 0.25) is 11.8 Å². The standard InChI is InChI=1S/C32H45N3O5/c1-6-17-33(18-7-2)29(37)25-24-15-16-32(40-24)26(25)30(38)35(20-10-9-11-21-36)28(32)31(39)34(19-8-3)27-22(4)13-12-14-23(27)5/h6,8,12-14,24-26,28,36H,1,3,7,9-11,15-21H2,2,4-5H3/t24-,25+,26-,28?,32?/m0/s1. The average molecular weight is 552 g/mol. The molecule has 218 valence electrons. The summed E-state index contributed by atoms with van der Waals surface area (Å²) < 4.78 is 6.66. The van der Waals surface area contributed by atoms with Crippen LogP contribution in [-0.4, -0.2) is 83.2 Å². The average Bonchev–Trinajstić information content (AvgIpc) is 3.57. The van der Waals surface area contributed by atoms with Crippen molar-refractivity contribution < 1.29 is 24.2 Å². The van der Waals surface area contributed by atoms with Gasteiger partial charge in [-0.05, 0) is 63.5 Å². The number of rotatable bonds is 14. The Kier molecular flexibility index (Phi) is 9.52. The molecule has 3 aliphatic heterocycles. The van der Waals surface area contributed by atoms with Crippen LogP contribution in [0.5, 0.6) is 0 Å². The summed E-state index contributed by atoms with van der Waals surface area (Å²) in [4.78, 5) is 48.1. The van der Waals surface area contributed by atoms with Gasteiger partial charge in [0.25, 0.3) is 5.91 Å². The van der Waals surface area contributed by atoms with E-state index in [1.54, 1.807) is 26.9 Å². The zero-order valence-electron chi connectivity index (χ0n) is 24.3. The van der Waals surface area contributed by atoms with Crippen LogP contribution in [0, 0.1) is 25.7 Å². The summed E-state index contributed by atoms with van der Waals surface area (Å²) in [7, 11) is 0. The SMILES string of the molecule is C=CCN(CCC)C(=O)[C@@H]1[C@@H]2CCC3(O2)C(C(=O)N(CC=C)c2c(C)cccc2C)N(CCCCCO)C(=O)[C@H]13. The molecule has 4 rings (SSSR count). The molecule has 1 aromatic carbocycles. The van der Waals surface area contributed by atoms with Crippen molar-refractivity contribution in [2.45, 2.75) is 77.0 Å². The van der Waals surface area contributed by atoms with E-state index in [0.29, 0.717) is 51.9 Å². The highest BCUT2D eigenvalue weighted by Gasteiger charge is 2.74. The van der Waals surface area contributed by atoms with Gasteiger partial charge in [-0.3, -0.25) is 14.4 Å². The lowest BCUT2D eigenvalue weighted by molar-refractivity contribution is -0.145. The number of anilines is 1. The lowest BCUT2D eigenvalue weighted by atomic mass is 9.70. The third-order valence-electron chi connectivity index (χ3n) is 8.82. The van der Waals surface area contributed by atoms with Crippen molar-refractivity contribution >= 4 is 23.4 Å². The van der Waals surface area contributed by atoms with Gasteiger partial charge < -0.3 is 24.5 Å². The summed E-state index contributed by atoms with van der Waals surface area (Å²) in [6.07, 6.45) is 7.06. The first-order valence-electron chi connectivity index (χ1n) is 14.7. The van der Waals surface area contributed by atoms with Crippen molar-refractivity contribution in [3.05, 3.63) is 54.6 Å². The van der Waals surface area contributed by atoms with Crippen LogP contribution >= 0.6 is 0 Å². The van der Waals surface area contributed by atoms with Gasteiger partial charge in [-0.15, -0.1) is 13.2 Å². The maximum atomic E-state index is 14.7. The van der Waals surface area contributed by atoms with Gasteiger partial charge in [0.1, 0.15) is 11.6 Å². The summed E-state index contributed by atoms with van der Waals surface area (Å²) in [5, 5.41) is 9.29. The predicted molar refractivity (Wildman–Crippen MR) is 156 cm³/mol. The Morgan fingerprint density at radius 3 is 2.45 bits per heavy atom. The molecule has 3 fully saturated rings. The van der Waals surface area contributed by atoms with Crippen LogP contribution in [0.2, 0.25) is 0 Å². The third-order valence-corrected chi connectivity index (χ3v) is 8.82. The molecule has 3 heterocycles. The summed E-state index contributed by atoms with van der Waals surface area (Å²) in [6.45, 7) is 15.5. The van der Waals surface area contributed by atoms with Gasteiger partial charge in [-0.2, -0.15) is 0 Å². The highest BCUT2D eigenvalue weighted by Crippen LogP contribution is 2.59. The smallest absolute Gasteiger partial charge is 0.253 e. The minimum atomic E-state index is -1.04. The summed E-state index contributed by atoms with van der Waals surface area (Å²) in [6, 6.07) is 5.09. The second kappa shape index (κ2) is 12.7. The number of carbonyl (C=O) groups is 3. The van der Waals surface area contributed by atoms with E-state index in [-0.39, 0.29) is 30.4 Å². The number of amides is 3. The van der Waals surface area contributed by atoms with E-state index < -0.39 is 23.5 Å². The van der Waals surface area contributed by atoms with E-state index in [1.165, 1.54) is 0 Å². The van der Waals surface area contributed by atoms with E-state index in [2.05, 4.69) is 13.2 Å². The lowest BCUT2D eigenvalue weighted by Gasteiger charge is -2.37. The molecule has 3 aliphatic rings. The largest absolute Gasteiger partial charge is 0.396 e. The number of ether oxygens (including phenoxy) is 1. The number of hydrogen-bond donors (Lipinski definition) is 1. The van der Waals surface area contributed by atoms with Crippen LogP contribution in [0.15, 0.2) is 43.5 Å². The second-order valence-electron chi connectivity index (χ2n) is 11.4. The maximum absolute atomic E-state index is 14.7. The normalized spacial score (nSPS) is 26.6. The van der Waals surface area contributed by atoms with Crippen LogP contribution in [0.25, 0.3) is 0 Å². The van der Waals surface area contributed by atoms with Crippen molar-refractivity contribution in [1.82, 2.24) is 9.80 Å². The van der Waals surface area contributed by atoms with E-state index in [9.17, 15) is 19.5 Å². The fraction of sp³-hybridized carbons (Fsp3) is 0.594. The molecule has 2 unspecified atom stereocenters. The number of aliphatic hydroxyl groups excluding tert-OH is 1. The van der Waals surface area contributed by atoms with Crippen LogP contribution in [0.1, 0.15) is 56.6 Å². The molecule has 0 saturated carbocycles. The molecular weight excluding hydrogens is 506 g/mol. The second-order valence-corrected chi connectivity index (χ2v) is 11.4. The molecule has 8 nitrogen and oxygen atoms in total. The first-order chi connectivity index (χ1) is 19.3. The number of likely N-dealkylation sites (tertiary alicyclic amines) is 1. The first-order valence-corrected chi connectivity index (χ1v) is 14.7. The molecule has 3 amide bonds. The van der Waals surface area contributed by atoms with Gasteiger partial charge in [0, 0.05) is 38.5 Å². The lowest BCUT2D eigenvalue weighted by Crippen LogP contribution is -2.57. The monoisotopic (exact) mass is 551 g/mol. The zero-order valence-corrected chi connectivity index (χ0v) is 24.3. The Morgan fingerprint density at radius 2 is 1.82 bits per heavy atom. The Bertz CT molecular complexity index is 1120. The van der Waals surface area contributed by atoms with Crippen LogP contribution in [0.3, 0.4) is 0 Å². The molecule has 3 saturated heterocycles. The minimum Gasteiger partial charge on any atom is -0.396 e. The molecule has 0 aromatic heterocycles. The molecule has 5 atom stereocenters. The number of fused-ring (bicyclic) bond motifs is 1.